The summed E-state index contributed by atoms with van der Waals surface area (Å²) in [6.07, 6.45) is 3.99. The molecule has 94 valence electrons. The molecule has 17 heavy (non-hydrogen) atoms. The largest absolute Gasteiger partial charge is 0.314 e. The molecule has 2 rings (SSSR count). The van der Waals surface area contributed by atoms with Crippen molar-refractivity contribution >= 4 is 11.6 Å². The summed E-state index contributed by atoms with van der Waals surface area (Å²) in [5.41, 5.74) is -0.628. The topological polar surface area (TPSA) is 12.0 Å². The Labute approximate surface area is 107 Å². The number of nitrogens with one attached hydrogen (secondary N) is 1. The molecular weight excluding hydrogens is 237 g/mol. The molecule has 0 aliphatic carbocycles. The zero-order valence-corrected chi connectivity index (χ0v) is 10.9. The fourth-order valence-corrected chi connectivity index (χ4v) is 2.68. The van der Waals surface area contributed by atoms with E-state index in [9.17, 15) is 4.39 Å². The van der Waals surface area contributed by atoms with E-state index in [-0.39, 0.29) is 6.04 Å². The first-order valence-electron chi connectivity index (χ1n) is 6.26. The Morgan fingerprint density at radius 3 is 2.94 bits per heavy atom. The van der Waals surface area contributed by atoms with Gasteiger partial charge in [0.05, 0.1) is 0 Å². The summed E-state index contributed by atoms with van der Waals surface area (Å²) >= 11 is 5.91. The van der Waals surface area contributed by atoms with E-state index >= 15 is 0 Å². The van der Waals surface area contributed by atoms with Crippen LogP contribution in [0.15, 0.2) is 24.3 Å². The third kappa shape index (κ3) is 3.43. The van der Waals surface area contributed by atoms with Crippen molar-refractivity contribution in [2.45, 2.75) is 44.3 Å². The van der Waals surface area contributed by atoms with E-state index in [0.717, 1.165) is 13.0 Å². The van der Waals surface area contributed by atoms with Crippen LogP contribution in [0.5, 0.6) is 0 Å². The van der Waals surface area contributed by atoms with Gasteiger partial charge in [-0.25, -0.2) is 4.39 Å². The van der Waals surface area contributed by atoms with Crippen LogP contribution in [-0.2, 0) is 5.67 Å². The van der Waals surface area contributed by atoms with Crippen molar-refractivity contribution in [3.05, 3.63) is 34.9 Å². The van der Waals surface area contributed by atoms with Crippen molar-refractivity contribution in [3.8, 4) is 0 Å². The molecule has 1 saturated heterocycles. The molecule has 1 heterocycles. The zero-order chi connectivity index (χ0) is 12.3. The van der Waals surface area contributed by atoms with Crippen molar-refractivity contribution in [2.24, 2.45) is 0 Å². The minimum absolute atomic E-state index is 0.290. The number of hydrogen-bond donors (Lipinski definition) is 1. The Kier molecular flexibility index (Phi) is 4.05. The fraction of sp³-hybridized carbons (Fsp3) is 0.571. The smallest absolute Gasteiger partial charge is 0.134 e. The van der Waals surface area contributed by atoms with Crippen LogP contribution in [0.4, 0.5) is 4.39 Å². The van der Waals surface area contributed by atoms with Gasteiger partial charge >= 0.3 is 0 Å². The van der Waals surface area contributed by atoms with E-state index in [1.165, 1.54) is 12.8 Å². The first-order chi connectivity index (χ1) is 8.08. The van der Waals surface area contributed by atoms with Gasteiger partial charge in [-0.15, -0.1) is 0 Å². The maximum Gasteiger partial charge on any atom is 0.134 e. The van der Waals surface area contributed by atoms with E-state index in [0.29, 0.717) is 17.0 Å². The van der Waals surface area contributed by atoms with Crippen LogP contribution in [-0.4, -0.2) is 12.6 Å². The van der Waals surface area contributed by atoms with Gasteiger partial charge in [0.25, 0.3) is 0 Å². The average molecular weight is 256 g/mol. The van der Waals surface area contributed by atoms with E-state index in [1.54, 1.807) is 19.1 Å². The van der Waals surface area contributed by atoms with Crippen molar-refractivity contribution in [2.75, 3.05) is 6.54 Å². The summed E-state index contributed by atoms with van der Waals surface area (Å²) in [4.78, 5) is 0. The summed E-state index contributed by atoms with van der Waals surface area (Å²) < 4.78 is 14.7. The van der Waals surface area contributed by atoms with E-state index in [1.807, 2.05) is 12.1 Å². The van der Waals surface area contributed by atoms with Gasteiger partial charge in [-0.1, -0.05) is 30.2 Å². The molecule has 0 spiro atoms. The molecule has 1 fully saturated rings. The average Bonchev–Trinajstić information content (AvgIpc) is 2.30. The summed E-state index contributed by atoms with van der Waals surface area (Å²) in [7, 11) is 0. The highest BCUT2D eigenvalue weighted by molar-refractivity contribution is 6.30. The standard InChI is InChI=1S/C14H19ClFN/c1-14(16,10-13-7-2-3-8-17-13)11-5-4-6-12(15)9-11/h4-6,9,13,17H,2-3,7-8,10H2,1H3. The van der Waals surface area contributed by atoms with Crippen LogP contribution in [0, 0.1) is 0 Å². The maximum absolute atomic E-state index is 14.7. The molecule has 0 saturated carbocycles. The Morgan fingerprint density at radius 2 is 2.29 bits per heavy atom. The minimum Gasteiger partial charge on any atom is -0.314 e. The molecular formula is C14H19ClFN. The summed E-state index contributed by atoms with van der Waals surface area (Å²) in [6.45, 7) is 2.66. The van der Waals surface area contributed by atoms with Crippen LogP contribution in [0.1, 0.15) is 38.2 Å². The quantitative estimate of drug-likeness (QED) is 0.859. The number of halogens is 2. The number of rotatable bonds is 3. The first kappa shape index (κ1) is 12.8. The molecule has 1 aromatic rings. The Morgan fingerprint density at radius 1 is 1.47 bits per heavy atom. The summed E-state index contributed by atoms with van der Waals surface area (Å²) in [6, 6.07) is 7.42. The summed E-state index contributed by atoms with van der Waals surface area (Å²) in [5.74, 6) is 0. The molecule has 1 nitrogen and oxygen atoms in total. The Bertz CT molecular complexity index is 372. The second kappa shape index (κ2) is 5.36. The molecule has 2 atom stereocenters. The Balaban J connectivity index is 2.06. The predicted molar refractivity (Wildman–Crippen MR) is 70.2 cm³/mol. The van der Waals surface area contributed by atoms with Crippen LogP contribution < -0.4 is 5.32 Å². The monoisotopic (exact) mass is 255 g/mol. The van der Waals surface area contributed by atoms with E-state index < -0.39 is 5.67 Å². The van der Waals surface area contributed by atoms with Gasteiger partial charge in [0, 0.05) is 17.5 Å². The normalized spacial score (nSPS) is 24.3. The van der Waals surface area contributed by atoms with Crippen LogP contribution >= 0.6 is 11.6 Å². The second-order valence-corrected chi connectivity index (χ2v) is 5.50. The third-order valence-electron chi connectivity index (χ3n) is 3.47. The van der Waals surface area contributed by atoms with E-state index in [4.69, 9.17) is 11.6 Å². The molecule has 1 aliphatic heterocycles. The van der Waals surface area contributed by atoms with Gasteiger partial charge in [0.1, 0.15) is 5.67 Å². The molecule has 1 aromatic carbocycles. The van der Waals surface area contributed by atoms with Gasteiger partial charge in [-0.2, -0.15) is 0 Å². The van der Waals surface area contributed by atoms with Gasteiger partial charge < -0.3 is 5.32 Å². The lowest BCUT2D eigenvalue weighted by Gasteiger charge is -2.30. The lowest BCUT2D eigenvalue weighted by Crippen LogP contribution is -2.38. The Hall–Kier alpha value is -0.600. The molecule has 0 aromatic heterocycles. The molecule has 3 heteroatoms. The molecule has 1 aliphatic rings. The lowest BCUT2D eigenvalue weighted by atomic mass is 9.88. The third-order valence-corrected chi connectivity index (χ3v) is 3.70. The molecule has 0 amide bonds. The van der Waals surface area contributed by atoms with Crippen LogP contribution in [0.25, 0.3) is 0 Å². The lowest BCUT2D eigenvalue weighted by molar-refractivity contribution is 0.146. The summed E-state index contributed by atoms with van der Waals surface area (Å²) in [5, 5.41) is 3.99. The number of benzene rings is 1. The highest BCUT2D eigenvalue weighted by Gasteiger charge is 2.30. The predicted octanol–water partition coefficient (Wildman–Crippen LogP) is 4.06. The highest BCUT2D eigenvalue weighted by atomic mass is 35.5. The number of piperidine rings is 1. The maximum atomic E-state index is 14.7. The van der Waals surface area contributed by atoms with Gasteiger partial charge in [0.2, 0.25) is 0 Å². The molecule has 0 bridgehead atoms. The van der Waals surface area contributed by atoms with Crippen molar-refractivity contribution < 1.29 is 4.39 Å². The van der Waals surface area contributed by atoms with Crippen LogP contribution in [0.3, 0.4) is 0 Å². The second-order valence-electron chi connectivity index (χ2n) is 5.06. The number of hydrogen-bond acceptors (Lipinski definition) is 1. The van der Waals surface area contributed by atoms with E-state index in [2.05, 4.69) is 5.32 Å². The van der Waals surface area contributed by atoms with Gasteiger partial charge in [0.15, 0.2) is 0 Å². The molecule has 0 radical (unpaired) electrons. The fourth-order valence-electron chi connectivity index (χ4n) is 2.49. The van der Waals surface area contributed by atoms with Gasteiger partial charge in [-0.05, 0) is 44.0 Å². The highest BCUT2D eigenvalue weighted by Crippen LogP contribution is 2.33. The number of alkyl halides is 1. The SMILES string of the molecule is CC(F)(CC1CCCCN1)c1cccc(Cl)c1. The molecule has 2 unspecified atom stereocenters. The first-order valence-corrected chi connectivity index (χ1v) is 6.64. The minimum atomic E-state index is -1.31. The van der Waals surface area contributed by atoms with Gasteiger partial charge in [-0.3, -0.25) is 0 Å². The van der Waals surface area contributed by atoms with Crippen molar-refractivity contribution in [1.82, 2.24) is 5.32 Å². The molecule has 1 N–H and O–H groups in total. The zero-order valence-electron chi connectivity index (χ0n) is 10.2. The van der Waals surface area contributed by atoms with Crippen molar-refractivity contribution in [3.63, 3.8) is 0 Å². The van der Waals surface area contributed by atoms with Crippen molar-refractivity contribution in [1.29, 1.82) is 0 Å². The van der Waals surface area contributed by atoms with Crippen LogP contribution in [0.2, 0.25) is 5.02 Å².